The fraction of sp³-hybridized carbons (Fsp3) is 0.867. The van der Waals surface area contributed by atoms with Crippen LogP contribution in [0.2, 0.25) is 0 Å². The third-order valence-corrected chi connectivity index (χ3v) is 4.03. The molecule has 2 rings (SSSR count). The van der Waals surface area contributed by atoms with Crippen LogP contribution < -0.4 is 5.32 Å². The zero-order chi connectivity index (χ0) is 14.4. The van der Waals surface area contributed by atoms with E-state index in [0.717, 1.165) is 31.7 Å². The number of rotatable bonds is 7. The fourth-order valence-corrected chi connectivity index (χ4v) is 3.01. The minimum atomic E-state index is 0.639. The Labute approximate surface area is 122 Å². The van der Waals surface area contributed by atoms with Crippen molar-refractivity contribution in [3.8, 4) is 0 Å². The monoisotopic (exact) mass is 280 g/mol. The summed E-state index contributed by atoms with van der Waals surface area (Å²) in [5, 5.41) is 7.25. The number of aryl methyl sites for hydroxylation is 1. The summed E-state index contributed by atoms with van der Waals surface area (Å²) in [7, 11) is 0. The second kappa shape index (κ2) is 7.62. The molecule has 5 heteroatoms. The third-order valence-electron chi connectivity index (χ3n) is 4.03. The van der Waals surface area contributed by atoms with Crippen molar-refractivity contribution >= 4 is 5.95 Å². The van der Waals surface area contributed by atoms with Crippen LogP contribution in [0.3, 0.4) is 0 Å². The highest BCUT2D eigenvalue weighted by Gasteiger charge is 2.23. The summed E-state index contributed by atoms with van der Waals surface area (Å²) in [6.07, 6.45) is 7.05. The van der Waals surface area contributed by atoms with E-state index in [1.807, 2.05) is 0 Å². The molecule has 1 fully saturated rings. The summed E-state index contributed by atoms with van der Waals surface area (Å²) < 4.78 is 5.17. The van der Waals surface area contributed by atoms with Gasteiger partial charge in [0.15, 0.2) is 0 Å². The van der Waals surface area contributed by atoms with Gasteiger partial charge in [0.1, 0.15) is 0 Å². The molecule has 0 aromatic carbocycles. The Balaban J connectivity index is 1.76. The quantitative estimate of drug-likeness (QED) is 0.832. The number of piperidine rings is 1. The first kappa shape index (κ1) is 15.3. The average molecular weight is 280 g/mol. The molecule has 1 aromatic rings. The van der Waals surface area contributed by atoms with Gasteiger partial charge >= 0.3 is 0 Å². The van der Waals surface area contributed by atoms with Crippen LogP contribution in [0.25, 0.3) is 0 Å². The topological polar surface area (TPSA) is 54.2 Å². The maximum atomic E-state index is 5.17. The van der Waals surface area contributed by atoms with Crippen LogP contribution in [-0.4, -0.2) is 40.2 Å². The normalized spacial score (nSPS) is 20.5. The summed E-state index contributed by atoms with van der Waals surface area (Å²) in [5.41, 5.74) is 0. The highest BCUT2D eigenvalue weighted by atomic mass is 16.5. The molecule has 1 aromatic heterocycles. The van der Waals surface area contributed by atoms with Crippen molar-refractivity contribution in [2.24, 2.45) is 0 Å². The SMILES string of the molecule is CCCc1nc(NCC[C@@H]2CCCCN2C(C)C)no1. The van der Waals surface area contributed by atoms with Crippen molar-refractivity contribution < 1.29 is 4.52 Å². The lowest BCUT2D eigenvalue weighted by Crippen LogP contribution is -2.44. The molecule has 1 atom stereocenters. The van der Waals surface area contributed by atoms with Gasteiger partial charge in [-0.3, -0.25) is 4.90 Å². The van der Waals surface area contributed by atoms with E-state index >= 15 is 0 Å². The fourth-order valence-electron chi connectivity index (χ4n) is 3.01. The summed E-state index contributed by atoms with van der Waals surface area (Å²) >= 11 is 0. The molecular formula is C15H28N4O. The van der Waals surface area contributed by atoms with E-state index in [4.69, 9.17) is 4.52 Å². The number of likely N-dealkylation sites (tertiary alicyclic amines) is 1. The molecule has 0 saturated carbocycles. The lowest BCUT2D eigenvalue weighted by atomic mass is 9.98. The molecule has 114 valence electrons. The molecule has 2 heterocycles. The van der Waals surface area contributed by atoms with Gasteiger partial charge in [0.2, 0.25) is 5.89 Å². The van der Waals surface area contributed by atoms with Crippen molar-refractivity contribution in [3.63, 3.8) is 0 Å². The van der Waals surface area contributed by atoms with E-state index in [9.17, 15) is 0 Å². The number of anilines is 1. The Hall–Kier alpha value is -1.10. The van der Waals surface area contributed by atoms with Crippen LogP contribution in [0.15, 0.2) is 4.52 Å². The zero-order valence-electron chi connectivity index (χ0n) is 13.1. The summed E-state index contributed by atoms with van der Waals surface area (Å²) in [6.45, 7) is 8.86. The largest absolute Gasteiger partial charge is 0.352 e. The molecule has 1 aliphatic heterocycles. The van der Waals surface area contributed by atoms with Crippen molar-refractivity contribution in [1.29, 1.82) is 0 Å². The molecule has 0 bridgehead atoms. The molecule has 5 nitrogen and oxygen atoms in total. The van der Waals surface area contributed by atoms with E-state index < -0.39 is 0 Å². The van der Waals surface area contributed by atoms with E-state index in [-0.39, 0.29) is 0 Å². The van der Waals surface area contributed by atoms with Crippen molar-refractivity contribution in [1.82, 2.24) is 15.0 Å². The third kappa shape index (κ3) is 4.20. The van der Waals surface area contributed by atoms with Gasteiger partial charge in [-0.25, -0.2) is 0 Å². The molecule has 0 unspecified atom stereocenters. The Morgan fingerprint density at radius 1 is 1.40 bits per heavy atom. The molecule has 1 saturated heterocycles. The number of hydrogen-bond acceptors (Lipinski definition) is 5. The van der Waals surface area contributed by atoms with Gasteiger partial charge in [-0.05, 0) is 51.2 Å². The lowest BCUT2D eigenvalue weighted by molar-refractivity contribution is 0.108. The Morgan fingerprint density at radius 2 is 2.25 bits per heavy atom. The minimum absolute atomic E-state index is 0.639. The van der Waals surface area contributed by atoms with Gasteiger partial charge in [-0.15, -0.1) is 0 Å². The van der Waals surface area contributed by atoms with Gasteiger partial charge in [0.25, 0.3) is 5.95 Å². The molecule has 0 aliphatic carbocycles. The number of nitrogens with zero attached hydrogens (tertiary/aromatic N) is 3. The summed E-state index contributed by atoms with van der Waals surface area (Å²) in [6, 6.07) is 1.33. The van der Waals surface area contributed by atoms with Crippen molar-refractivity contribution in [2.45, 2.75) is 71.4 Å². The predicted octanol–water partition coefficient (Wildman–Crippen LogP) is 3.09. The maximum Gasteiger partial charge on any atom is 0.263 e. The van der Waals surface area contributed by atoms with Gasteiger partial charge in [0.05, 0.1) is 0 Å². The average Bonchev–Trinajstić information content (AvgIpc) is 2.87. The summed E-state index contributed by atoms with van der Waals surface area (Å²) in [4.78, 5) is 6.96. The van der Waals surface area contributed by atoms with E-state index in [2.05, 4.69) is 41.1 Å². The first-order chi connectivity index (χ1) is 9.70. The van der Waals surface area contributed by atoms with E-state index in [1.165, 1.54) is 25.8 Å². The molecule has 20 heavy (non-hydrogen) atoms. The Kier molecular flexibility index (Phi) is 5.83. The highest BCUT2D eigenvalue weighted by Crippen LogP contribution is 2.21. The van der Waals surface area contributed by atoms with Crippen LogP contribution in [-0.2, 0) is 6.42 Å². The van der Waals surface area contributed by atoms with Crippen LogP contribution in [0.4, 0.5) is 5.95 Å². The van der Waals surface area contributed by atoms with Gasteiger partial charge in [0, 0.05) is 25.0 Å². The van der Waals surface area contributed by atoms with Crippen LogP contribution >= 0.6 is 0 Å². The molecule has 1 aliphatic rings. The van der Waals surface area contributed by atoms with Gasteiger partial charge in [-0.1, -0.05) is 13.3 Å². The van der Waals surface area contributed by atoms with Crippen molar-refractivity contribution in [3.05, 3.63) is 5.89 Å². The highest BCUT2D eigenvalue weighted by molar-refractivity contribution is 5.20. The first-order valence-corrected chi connectivity index (χ1v) is 8.03. The Bertz CT molecular complexity index is 391. The Morgan fingerprint density at radius 3 is 3.00 bits per heavy atom. The number of nitrogens with one attached hydrogen (secondary N) is 1. The van der Waals surface area contributed by atoms with Gasteiger partial charge < -0.3 is 9.84 Å². The molecular weight excluding hydrogens is 252 g/mol. The molecule has 0 radical (unpaired) electrons. The second-order valence-electron chi connectivity index (χ2n) is 5.96. The van der Waals surface area contributed by atoms with Crippen LogP contribution in [0, 0.1) is 0 Å². The molecule has 0 amide bonds. The van der Waals surface area contributed by atoms with E-state index in [1.54, 1.807) is 0 Å². The summed E-state index contributed by atoms with van der Waals surface area (Å²) in [5.74, 6) is 1.37. The van der Waals surface area contributed by atoms with Gasteiger partial charge in [-0.2, -0.15) is 4.98 Å². The number of hydrogen-bond donors (Lipinski definition) is 1. The zero-order valence-corrected chi connectivity index (χ0v) is 13.1. The smallest absolute Gasteiger partial charge is 0.263 e. The second-order valence-corrected chi connectivity index (χ2v) is 5.96. The lowest BCUT2D eigenvalue weighted by Gasteiger charge is -2.38. The van der Waals surface area contributed by atoms with E-state index in [0.29, 0.717) is 18.0 Å². The van der Waals surface area contributed by atoms with Crippen LogP contribution in [0.5, 0.6) is 0 Å². The maximum absolute atomic E-state index is 5.17. The molecule has 1 N–H and O–H groups in total. The van der Waals surface area contributed by atoms with Crippen molar-refractivity contribution in [2.75, 3.05) is 18.4 Å². The first-order valence-electron chi connectivity index (χ1n) is 8.03. The predicted molar refractivity (Wildman–Crippen MR) is 80.9 cm³/mol. The number of aromatic nitrogens is 2. The molecule has 0 spiro atoms. The standard InChI is InChI=1S/C15H28N4O/c1-4-7-14-17-15(18-20-14)16-10-9-13-8-5-6-11-19(13)12(2)3/h12-13H,4-11H2,1-3H3,(H,16,18)/t13-/m0/s1. The van der Waals surface area contributed by atoms with Crippen LogP contribution in [0.1, 0.15) is 58.8 Å². The minimum Gasteiger partial charge on any atom is -0.352 e.